The number of rotatable bonds is 6. The van der Waals surface area contributed by atoms with Crippen molar-refractivity contribution < 1.29 is 33.0 Å². The number of carbonyl (C=O) groups excluding carboxylic acids is 2. The van der Waals surface area contributed by atoms with Crippen molar-refractivity contribution in [1.29, 1.82) is 0 Å². The maximum Gasteiger partial charge on any atom is 0.266 e. The molecule has 2 aliphatic heterocycles. The van der Waals surface area contributed by atoms with Gasteiger partial charge in [-0.15, -0.1) is 0 Å². The van der Waals surface area contributed by atoms with Crippen molar-refractivity contribution in [3.8, 4) is 23.7 Å². The molecule has 8 nitrogen and oxygen atoms in total. The maximum atomic E-state index is 14.1. The molecule has 1 aromatic rings. The largest absolute Gasteiger partial charge is 0.413 e. The molecule has 0 saturated carbocycles. The molecule has 4 aliphatic rings. The number of allylic oxidation sites excluding steroid dienone is 2. The number of amides is 2. The van der Waals surface area contributed by atoms with Crippen LogP contribution < -0.4 is 0 Å². The summed E-state index contributed by atoms with van der Waals surface area (Å²) in [6.45, 7) is 22.2. The Balaban J connectivity index is 1.85. The quantitative estimate of drug-likeness (QED) is 0.214. The number of imide groups is 1. The van der Waals surface area contributed by atoms with E-state index in [2.05, 4.69) is 91.4 Å². The molecule has 1 aromatic carbocycles. The van der Waals surface area contributed by atoms with E-state index in [1.807, 2.05) is 6.08 Å². The summed E-state index contributed by atoms with van der Waals surface area (Å²) in [5.41, 5.74) is -0.0101. The average Bonchev–Trinajstić information content (AvgIpc) is 3.52. The Labute approximate surface area is 281 Å². The topological polar surface area (TPSA) is 94.5 Å². The Kier molecular flexibility index (Phi) is 9.09. The number of nitrogens with zero attached hydrogens (tertiary/aromatic N) is 1. The third kappa shape index (κ3) is 6.18. The Hall–Kier alpha value is -3.07. The first kappa shape index (κ1) is 35.2. The second kappa shape index (κ2) is 12.1. The van der Waals surface area contributed by atoms with Gasteiger partial charge in [-0.3, -0.25) is 9.59 Å². The van der Waals surface area contributed by atoms with Gasteiger partial charge < -0.3 is 23.4 Å². The van der Waals surface area contributed by atoms with Crippen LogP contribution in [-0.2, 0) is 18.3 Å². The summed E-state index contributed by atoms with van der Waals surface area (Å²) in [5, 5.41) is 11.8. The van der Waals surface area contributed by atoms with Gasteiger partial charge in [0, 0.05) is 11.1 Å². The molecule has 2 atom stereocenters. The van der Waals surface area contributed by atoms with Gasteiger partial charge in [-0.1, -0.05) is 83.4 Å². The molecule has 5 rings (SSSR count). The summed E-state index contributed by atoms with van der Waals surface area (Å²) in [6, 6.07) is 6.69. The minimum absolute atomic E-state index is 0.0195. The van der Waals surface area contributed by atoms with Crippen molar-refractivity contribution >= 4 is 28.4 Å². The monoisotopic (exact) mass is 673 g/mol. The van der Waals surface area contributed by atoms with Crippen LogP contribution in [0.25, 0.3) is 0 Å². The highest BCUT2D eigenvalue weighted by Gasteiger charge is 2.62. The minimum atomic E-state index is -2.62. The maximum absolute atomic E-state index is 14.1. The molecule has 0 unspecified atom stereocenters. The molecule has 1 saturated heterocycles. The molecule has 2 bridgehead atoms. The lowest BCUT2D eigenvalue weighted by atomic mass is 9.72. The minimum Gasteiger partial charge on any atom is -0.413 e. The lowest BCUT2D eigenvalue weighted by molar-refractivity contribution is -0.166. The SMILES string of the molecule is CC(C)(C)[Si](C)(C)OC/C=C1\C2=C(N3C(=O)c4ccccc4C3=O)C3(C[C@@]1(O[Si](C)(C)C(C)(C)C)C#C/C=C\C#C[C@@H]2O)OCCO3. The van der Waals surface area contributed by atoms with E-state index in [-0.39, 0.29) is 58.7 Å². The molecule has 47 heavy (non-hydrogen) atoms. The number of hydrogen-bond donors (Lipinski definition) is 1. The van der Waals surface area contributed by atoms with E-state index in [1.165, 1.54) is 0 Å². The van der Waals surface area contributed by atoms with Crippen LogP contribution in [0.2, 0.25) is 36.3 Å². The highest BCUT2D eigenvalue weighted by molar-refractivity contribution is 6.74. The van der Waals surface area contributed by atoms with Gasteiger partial charge in [0.05, 0.1) is 43.1 Å². The fourth-order valence-corrected chi connectivity index (χ4v) is 8.14. The summed E-state index contributed by atoms with van der Waals surface area (Å²) in [7, 11) is -4.84. The van der Waals surface area contributed by atoms with Gasteiger partial charge in [-0.2, -0.15) is 0 Å². The highest BCUT2D eigenvalue weighted by atomic mass is 28.4. The molecule has 250 valence electrons. The molecule has 0 aromatic heterocycles. The smallest absolute Gasteiger partial charge is 0.266 e. The van der Waals surface area contributed by atoms with Crippen LogP contribution in [0.5, 0.6) is 0 Å². The van der Waals surface area contributed by atoms with Crippen LogP contribution in [-0.4, -0.2) is 75.8 Å². The van der Waals surface area contributed by atoms with Crippen LogP contribution in [0.15, 0.2) is 59.3 Å². The summed E-state index contributed by atoms with van der Waals surface area (Å²) in [6.07, 6.45) is 3.67. The normalized spacial score (nSPS) is 25.8. The van der Waals surface area contributed by atoms with Gasteiger partial charge >= 0.3 is 0 Å². The van der Waals surface area contributed by atoms with Gasteiger partial charge in [0.1, 0.15) is 11.7 Å². The molecule has 1 fully saturated rings. The van der Waals surface area contributed by atoms with E-state index >= 15 is 0 Å². The number of aliphatic hydroxyl groups is 1. The highest BCUT2D eigenvalue weighted by Crippen LogP contribution is 2.54. The number of carbonyl (C=O) groups is 2. The van der Waals surface area contributed by atoms with Gasteiger partial charge in [0.15, 0.2) is 16.6 Å². The van der Waals surface area contributed by atoms with E-state index in [9.17, 15) is 14.7 Å². The predicted octanol–water partition coefficient (Wildman–Crippen LogP) is 6.33. The van der Waals surface area contributed by atoms with Crippen molar-refractivity contribution in [3.63, 3.8) is 0 Å². The Morgan fingerprint density at radius 3 is 2.04 bits per heavy atom. The number of ether oxygens (including phenoxy) is 2. The molecule has 2 amide bonds. The Morgan fingerprint density at radius 2 is 1.49 bits per heavy atom. The van der Waals surface area contributed by atoms with Crippen LogP contribution >= 0.6 is 0 Å². The number of hydrogen-bond acceptors (Lipinski definition) is 7. The zero-order chi connectivity index (χ0) is 34.6. The summed E-state index contributed by atoms with van der Waals surface area (Å²) in [5.74, 6) is 9.66. The van der Waals surface area contributed by atoms with Crippen LogP contribution in [0.1, 0.15) is 68.7 Å². The average molecular weight is 674 g/mol. The first-order valence-electron chi connectivity index (χ1n) is 16.2. The molecule has 2 aliphatic carbocycles. The van der Waals surface area contributed by atoms with Gasteiger partial charge in [-0.05, 0) is 60.5 Å². The fraction of sp³-hybridized carbons (Fsp3) is 0.514. The Bertz CT molecular complexity index is 1660. The van der Waals surface area contributed by atoms with Crippen molar-refractivity contribution in [2.24, 2.45) is 0 Å². The predicted molar refractivity (Wildman–Crippen MR) is 186 cm³/mol. The number of aliphatic hydroxyl groups excluding tert-OH is 1. The molecule has 10 heteroatoms. The second-order valence-electron chi connectivity index (χ2n) is 15.6. The molecule has 1 N–H and O–H groups in total. The van der Waals surface area contributed by atoms with Gasteiger partial charge in [0.2, 0.25) is 5.79 Å². The zero-order valence-corrected chi connectivity index (χ0v) is 31.3. The van der Waals surface area contributed by atoms with E-state index in [0.717, 1.165) is 4.90 Å². The zero-order valence-electron chi connectivity index (χ0n) is 29.3. The van der Waals surface area contributed by atoms with Crippen molar-refractivity contribution in [2.75, 3.05) is 19.8 Å². The first-order valence-corrected chi connectivity index (χ1v) is 22.0. The molecule has 2 heterocycles. The second-order valence-corrected chi connectivity index (χ2v) is 25.1. The van der Waals surface area contributed by atoms with E-state index < -0.39 is 45.9 Å². The Morgan fingerprint density at radius 1 is 0.936 bits per heavy atom. The fourth-order valence-electron chi connectivity index (χ4n) is 5.79. The van der Waals surface area contributed by atoms with Crippen molar-refractivity contribution in [1.82, 2.24) is 4.90 Å². The van der Waals surface area contributed by atoms with E-state index in [0.29, 0.717) is 5.57 Å². The van der Waals surface area contributed by atoms with Crippen LogP contribution in [0, 0.1) is 23.7 Å². The molecular weight excluding hydrogens is 627 g/mol. The van der Waals surface area contributed by atoms with Crippen molar-refractivity contribution in [3.05, 3.63) is 70.5 Å². The van der Waals surface area contributed by atoms with Crippen molar-refractivity contribution in [2.45, 2.75) is 102 Å². The van der Waals surface area contributed by atoms with E-state index in [1.54, 1.807) is 36.4 Å². The van der Waals surface area contributed by atoms with Gasteiger partial charge in [-0.25, -0.2) is 4.90 Å². The summed E-state index contributed by atoms with van der Waals surface area (Å²) < 4.78 is 26.9. The van der Waals surface area contributed by atoms with E-state index in [4.69, 9.17) is 18.3 Å². The summed E-state index contributed by atoms with van der Waals surface area (Å²) >= 11 is 0. The van der Waals surface area contributed by atoms with Crippen LogP contribution in [0.3, 0.4) is 0 Å². The number of benzene rings is 1. The summed E-state index contributed by atoms with van der Waals surface area (Å²) in [4.78, 5) is 29.4. The number of fused-ring (bicyclic) bond motifs is 3. The third-order valence-corrected chi connectivity index (χ3v) is 19.4. The standard InChI is InChI=1S/C37H47NO7Si2/c1-34(2,3)46(7,8)44-22-20-28-30-29(39)19-13-11-12-16-21-36(28,45-47(9,10)35(4,5)6)25-37(42-23-24-43-37)31(30)38-32(40)26-17-14-15-18-27(26)33(38)41/h11-12,14-15,17-18,20,29,39H,22-25H2,1-10H3/b12-11-,28-20+/t29-,36-/m0/s1. The molecule has 1 spiro atoms. The first-order chi connectivity index (χ1) is 21.8. The lowest BCUT2D eigenvalue weighted by Gasteiger charge is -2.51. The third-order valence-electron chi connectivity index (χ3n) is 10.4. The van der Waals surface area contributed by atoms with Gasteiger partial charge in [0.25, 0.3) is 11.8 Å². The van der Waals surface area contributed by atoms with Crippen LogP contribution in [0.4, 0.5) is 0 Å². The molecule has 0 radical (unpaired) electrons. The molecular formula is C37H47NO7Si2. The lowest BCUT2D eigenvalue weighted by Crippen LogP contribution is -2.60.